The molecule has 0 radical (unpaired) electrons. The molecular formula is C22H28N4O3. The second-order valence-corrected chi connectivity index (χ2v) is 7.87. The molecule has 1 aromatic carbocycles. The molecule has 1 saturated heterocycles. The van der Waals surface area contributed by atoms with E-state index >= 15 is 0 Å². The van der Waals surface area contributed by atoms with Crippen LogP contribution < -0.4 is 10.2 Å². The topological polar surface area (TPSA) is 98.6 Å². The molecule has 4 rings (SSSR count). The summed E-state index contributed by atoms with van der Waals surface area (Å²) >= 11 is 0. The third kappa shape index (κ3) is 4.26. The van der Waals surface area contributed by atoms with Crippen molar-refractivity contribution >= 4 is 11.7 Å². The van der Waals surface area contributed by atoms with Gasteiger partial charge in [-0.2, -0.15) is 0 Å². The molecule has 1 atom stereocenters. The highest BCUT2D eigenvalue weighted by molar-refractivity contribution is 5.80. The van der Waals surface area contributed by atoms with Crippen LogP contribution in [0.5, 0.6) is 0 Å². The predicted molar refractivity (Wildman–Crippen MR) is 111 cm³/mol. The van der Waals surface area contributed by atoms with Gasteiger partial charge in [-0.05, 0) is 32.1 Å². The molecule has 0 bridgehead atoms. The van der Waals surface area contributed by atoms with Gasteiger partial charge < -0.3 is 20.4 Å². The quantitative estimate of drug-likeness (QED) is 0.681. The molecule has 2 heterocycles. The van der Waals surface area contributed by atoms with Crippen LogP contribution in [0.2, 0.25) is 0 Å². The summed E-state index contributed by atoms with van der Waals surface area (Å²) in [6.07, 6.45) is 4.73. The minimum atomic E-state index is -0.606. The summed E-state index contributed by atoms with van der Waals surface area (Å²) in [6.45, 7) is 0.926. The van der Waals surface area contributed by atoms with E-state index in [-0.39, 0.29) is 25.0 Å². The lowest BCUT2D eigenvalue weighted by atomic mass is 9.96. The fraction of sp³-hybridized carbons (Fsp3) is 0.500. The molecule has 154 valence electrons. The Bertz CT molecular complexity index is 855. The number of aromatic nitrogens is 2. The van der Waals surface area contributed by atoms with Crippen molar-refractivity contribution < 1.29 is 15.0 Å². The van der Waals surface area contributed by atoms with Crippen molar-refractivity contribution in [1.29, 1.82) is 0 Å². The second-order valence-electron chi connectivity index (χ2n) is 7.87. The Balaban J connectivity index is 1.59. The molecule has 0 spiro atoms. The number of nitrogens with zero attached hydrogens (tertiary/aromatic N) is 3. The molecule has 1 amide bonds. The van der Waals surface area contributed by atoms with Gasteiger partial charge in [-0.15, -0.1) is 0 Å². The van der Waals surface area contributed by atoms with Gasteiger partial charge in [0.05, 0.1) is 25.2 Å². The lowest BCUT2D eigenvalue weighted by Gasteiger charge is -2.34. The van der Waals surface area contributed by atoms with Crippen molar-refractivity contribution in [3.05, 3.63) is 41.6 Å². The largest absolute Gasteiger partial charge is 0.394 e. The van der Waals surface area contributed by atoms with E-state index in [4.69, 9.17) is 9.97 Å². The van der Waals surface area contributed by atoms with Crippen molar-refractivity contribution in [2.24, 2.45) is 5.92 Å². The van der Waals surface area contributed by atoms with Crippen molar-refractivity contribution in [3.8, 4) is 11.4 Å². The van der Waals surface area contributed by atoms with E-state index in [1.165, 1.54) is 5.56 Å². The van der Waals surface area contributed by atoms with E-state index in [9.17, 15) is 15.0 Å². The highest BCUT2D eigenvalue weighted by Crippen LogP contribution is 2.33. The zero-order valence-corrected chi connectivity index (χ0v) is 16.5. The van der Waals surface area contributed by atoms with Crippen LogP contribution in [0.1, 0.15) is 30.5 Å². The standard InChI is InChI=1S/C22H28N4O3/c27-13-17(14-28)23-22(29)16-8-5-11-26(12-16)21-18-9-4-10-19(18)24-20(25-21)15-6-2-1-3-7-15/h1-3,6-7,16-17,27-28H,4-5,8-14H2,(H,23,29). The van der Waals surface area contributed by atoms with Crippen LogP contribution in [0.25, 0.3) is 11.4 Å². The number of aliphatic hydroxyl groups excluding tert-OH is 2. The molecule has 1 unspecified atom stereocenters. The highest BCUT2D eigenvalue weighted by atomic mass is 16.3. The number of rotatable bonds is 6. The molecule has 0 saturated carbocycles. The van der Waals surface area contributed by atoms with Crippen molar-refractivity contribution in [3.63, 3.8) is 0 Å². The van der Waals surface area contributed by atoms with Crippen LogP contribution in [0.4, 0.5) is 5.82 Å². The zero-order valence-electron chi connectivity index (χ0n) is 16.5. The second kappa shape index (κ2) is 8.88. The maximum Gasteiger partial charge on any atom is 0.225 e. The monoisotopic (exact) mass is 396 g/mol. The summed E-state index contributed by atoms with van der Waals surface area (Å²) < 4.78 is 0. The number of aliphatic hydroxyl groups is 2. The Morgan fingerprint density at radius 1 is 1.14 bits per heavy atom. The third-order valence-corrected chi connectivity index (χ3v) is 5.82. The summed E-state index contributed by atoms with van der Waals surface area (Å²) in [5.41, 5.74) is 3.35. The van der Waals surface area contributed by atoms with Crippen molar-refractivity contribution in [1.82, 2.24) is 15.3 Å². The lowest BCUT2D eigenvalue weighted by Crippen LogP contribution is -2.48. The SMILES string of the molecule is O=C(NC(CO)CO)C1CCCN(c2nc(-c3ccccc3)nc3c2CCC3)C1. The maximum atomic E-state index is 12.6. The summed E-state index contributed by atoms with van der Waals surface area (Å²) in [7, 11) is 0. The summed E-state index contributed by atoms with van der Waals surface area (Å²) in [5, 5.41) is 21.2. The number of carbonyl (C=O) groups is 1. The maximum absolute atomic E-state index is 12.6. The van der Waals surface area contributed by atoms with Gasteiger partial charge in [-0.25, -0.2) is 9.97 Å². The lowest BCUT2D eigenvalue weighted by molar-refractivity contribution is -0.126. The molecule has 1 aliphatic heterocycles. The van der Waals surface area contributed by atoms with Gasteiger partial charge >= 0.3 is 0 Å². The van der Waals surface area contributed by atoms with E-state index in [2.05, 4.69) is 10.2 Å². The number of aryl methyl sites for hydroxylation is 1. The van der Waals surface area contributed by atoms with Gasteiger partial charge in [0.2, 0.25) is 5.91 Å². The third-order valence-electron chi connectivity index (χ3n) is 5.82. The molecule has 3 N–H and O–H groups in total. The van der Waals surface area contributed by atoms with E-state index < -0.39 is 6.04 Å². The fourth-order valence-electron chi connectivity index (χ4n) is 4.24. The zero-order chi connectivity index (χ0) is 20.2. The fourth-order valence-corrected chi connectivity index (χ4v) is 4.24. The van der Waals surface area contributed by atoms with Gasteiger partial charge in [0, 0.05) is 29.9 Å². The first-order valence-electron chi connectivity index (χ1n) is 10.4. The van der Waals surface area contributed by atoms with Gasteiger partial charge in [-0.1, -0.05) is 30.3 Å². The van der Waals surface area contributed by atoms with E-state index in [1.807, 2.05) is 30.3 Å². The molecule has 7 heteroatoms. The number of nitrogens with one attached hydrogen (secondary N) is 1. The molecular weight excluding hydrogens is 368 g/mol. The van der Waals surface area contributed by atoms with Gasteiger partial charge in [0.15, 0.2) is 5.82 Å². The van der Waals surface area contributed by atoms with Crippen LogP contribution in [0.3, 0.4) is 0 Å². The number of benzene rings is 1. The number of hydrogen-bond acceptors (Lipinski definition) is 6. The van der Waals surface area contributed by atoms with Crippen molar-refractivity contribution in [2.75, 3.05) is 31.2 Å². The Morgan fingerprint density at radius 2 is 1.93 bits per heavy atom. The highest BCUT2D eigenvalue weighted by Gasteiger charge is 2.31. The van der Waals surface area contributed by atoms with Gasteiger partial charge in [0.1, 0.15) is 5.82 Å². The van der Waals surface area contributed by atoms with E-state index in [1.54, 1.807) is 0 Å². The molecule has 7 nitrogen and oxygen atoms in total. The summed E-state index contributed by atoms with van der Waals surface area (Å²) in [6, 6.07) is 9.41. The average molecular weight is 396 g/mol. The minimum absolute atomic E-state index is 0.114. The molecule has 1 aliphatic carbocycles. The molecule has 2 aromatic rings. The smallest absolute Gasteiger partial charge is 0.225 e. The number of anilines is 1. The molecule has 1 aromatic heterocycles. The summed E-state index contributed by atoms with van der Waals surface area (Å²) in [5.74, 6) is 1.41. The number of fused-ring (bicyclic) bond motifs is 1. The van der Waals surface area contributed by atoms with Crippen LogP contribution in [-0.2, 0) is 17.6 Å². The van der Waals surface area contributed by atoms with E-state index in [0.29, 0.717) is 6.54 Å². The van der Waals surface area contributed by atoms with Crippen molar-refractivity contribution in [2.45, 2.75) is 38.1 Å². The summed E-state index contributed by atoms with van der Waals surface area (Å²) in [4.78, 5) is 24.6. The number of amides is 1. The Hall–Kier alpha value is -2.51. The van der Waals surface area contributed by atoms with Crippen LogP contribution in [0.15, 0.2) is 30.3 Å². The first-order chi connectivity index (χ1) is 14.2. The predicted octanol–water partition coefficient (Wildman–Crippen LogP) is 1.32. The first kappa shape index (κ1) is 19.8. The number of hydrogen-bond donors (Lipinski definition) is 3. The Kier molecular flexibility index (Phi) is 6.06. The Labute approximate surface area is 170 Å². The number of piperidine rings is 1. The first-order valence-corrected chi connectivity index (χ1v) is 10.4. The minimum Gasteiger partial charge on any atom is -0.394 e. The normalized spacial score (nSPS) is 18.7. The Morgan fingerprint density at radius 3 is 2.69 bits per heavy atom. The molecule has 2 aliphatic rings. The van der Waals surface area contributed by atoms with Gasteiger partial charge in [0.25, 0.3) is 0 Å². The average Bonchev–Trinajstić information content (AvgIpc) is 3.26. The number of carbonyl (C=O) groups excluding carboxylic acids is 1. The molecule has 1 fully saturated rings. The van der Waals surface area contributed by atoms with E-state index in [0.717, 1.165) is 61.5 Å². The van der Waals surface area contributed by atoms with Crippen LogP contribution >= 0.6 is 0 Å². The van der Waals surface area contributed by atoms with Crippen LogP contribution in [-0.4, -0.2) is 58.4 Å². The van der Waals surface area contributed by atoms with Crippen LogP contribution in [0, 0.1) is 5.92 Å². The molecule has 29 heavy (non-hydrogen) atoms. The van der Waals surface area contributed by atoms with Gasteiger partial charge in [-0.3, -0.25) is 4.79 Å².